The van der Waals surface area contributed by atoms with Gasteiger partial charge in [-0.25, -0.2) is 23.7 Å². The van der Waals surface area contributed by atoms with Gasteiger partial charge in [0.1, 0.15) is 17.9 Å². The summed E-state index contributed by atoms with van der Waals surface area (Å²) < 4.78 is 46.5. The zero-order valence-electron chi connectivity index (χ0n) is 21.4. The summed E-state index contributed by atoms with van der Waals surface area (Å²) in [6.07, 6.45) is 6.07. The van der Waals surface area contributed by atoms with Crippen LogP contribution < -0.4 is 15.8 Å². The van der Waals surface area contributed by atoms with Crippen molar-refractivity contribution in [2.45, 2.75) is 30.7 Å². The van der Waals surface area contributed by atoms with E-state index in [2.05, 4.69) is 32.2 Å². The highest BCUT2D eigenvalue weighted by Gasteiger charge is 2.72. The molecule has 1 fully saturated rings. The van der Waals surface area contributed by atoms with Gasteiger partial charge in [-0.1, -0.05) is 18.7 Å². The van der Waals surface area contributed by atoms with E-state index in [1.807, 2.05) is 6.07 Å². The fourth-order valence-electron chi connectivity index (χ4n) is 5.78. The Balaban J connectivity index is 1.32. The number of pyridine rings is 2. The number of rotatable bonds is 8. The molecule has 12 heteroatoms. The molecule has 3 N–H and O–H groups in total. The minimum Gasteiger partial charge on any atom is -0.484 e. The van der Waals surface area contributed by atoms with Gasteiger partial charge >= 0.3 is 0 Å². The van der Waals surface area contributed by atoms with Crippen LogP contribution in [0.25, 0.3) is 10.9 Å². The average Bonchev–Trinajstić information content (AvgIpc) is 3.23. The fourth-order valence-corrected chi connectivity index (χ4v) is 7.40. The van der Waals surface area contributed by atoms with Gasteiger partial charge in [0, 0.05) is 41.9 Å². The largest absolute Gasteiger partial charge is 0.484 e. The normalized spacial score (nSPS) is 25.7. The minimum atomic E-state index is -1.07. The predicted molar refractivity (Wildman–Crippen MR) is 144 cm³/mol. The number of hydrogen-bond acceptors (Lipinski definition) is 10. The molecule has 2 unspecified atom stereocenters. The quantitative estimate of drug-likeness (QED) is 0.306. The van der Waals surface area contributed by atoms with Crippen molar-refractivity contribution < 1.29 is 22.7 Å². The number of ether oxygens (including phenoxy) is 2. The summed E-state index contributed by atoms with van der Waals surface area (Å²) in [6.45, 7) is 4.51. The van der Waals surface area contributed by atoms with E-state index in [0.717, 1.165) is 11.5 Å². The number of methoxy groups -OCH3 is 1. The van der Waals surface area contributed by atoms with E-state index >= 15 is 8.78 Å². The molecule has 4 atom stereocenters. The zero-order valence-corrected chi connectivity index (χ0v) is 22.3. The topological polar surface area (TPSA) is 121 Å². The number of nitrogens with one attached hydrogen (secondary N) is 1. The summed E-state index contributed by atoms with van der Waals surface area (Å²) in [6, 6.07) is 6.27. The molecule has 1 aliphatic heterocycles. The lowest BCUT2D eigenvalue weighted by Crippen LogP contribution is -2.37. The van der Waals surface area contributed by atoms with Crippen LogP contribution in [0.2, 0.25) is 0 Å². The SMILES string of the molecule is COC[C@@]12SC(N)=N[C@](C)(c3cc(Nc4nccc5cc(OCc6cnco6)cnc45)cc(F)c3F)C1C2C. The molecule has 0 bridgehead atoms. The van der Waals surface area contributed by atoms with Crippen LogP contribution in [0.1, 0.15) is 25.2 Å². The fraction of sp³-hybridized carbons (Fsp3) is 0.333. The molecule has 6 rings (SSSR count). The van der Waals surface area contributed by atoms with Crippen molar-refractivity contribution in [3.8, 4) is 5.75 Å². The summed E-state index contributed by atoms with van der Waals surface area (Å²) in [5, 5.41) is 4.19. The first-order valence-corrected chi connectivity index (χ1v) is 13.1. The molecule has 1 aromatic carbocycles. The van der Waals surface area contributed by atoms with Gasteiger partial charge < -0.3 is 24.9 Å². The number of oxazole rings is 1. The maximum atomic E-state index is 15.4. The maximum absolute atomic E-state index is 15.4. The van der Waals surface area contributed by atoms with E-state index in [0.29, 0.717) is 40.3 Å². The lowest BCUT2D eigenvalue weighted by atomic mass is 9.84. The minimum absolute atomic E-state index is 0.0841. The highest BCUT2D eigenvalue weighted by molar-refractivity contribution is 8.15. The Kier molecular flexibility index (Phi) is 6.18. The molecule has 39 heavy (non-hydrogen) atoms. The van der Waals surface area contributed by atoms with Crippen LogP contribution in [-0.4, -0.2) is 38.6 Å². The summed E-state index contributed by atoms with van der Waals surface area (Å²) in [4.78, 5) is 17.4. The van der Waals surface area contributed by atoms with Crippen molar-refractivity contribution in [1.82, 2.24) is 15.0 Å². The second-order valence-corrected chi connectivity index (χ2v) is 11.3. The Hall–Kier alpha value is -3.77. The first-order chi connectivity index (χ1) is 18.7. The van der Waals surface area contributed by atoms with Crippen molar-refractivity contribution in [3.05, 3.63) is 72.2 Å². The highest BCUT2D eigenvalue weighted by atomic mass is 32.2. The third-order valence-corrected chi connectivity index (χ3v) is 9.00. The Labute approximate surface area is 227 Å². The number of nitrogens with two attached hydrogens (primary N) is 1. The molecule has 3 aromatic heterocycles. The Bertz CT molecular complexity index is 1590. The van der Waals surface area contributed by atoms with Crippen molar-refractivity contribution >= 4 is 39.3 Å². The molecule has 1 aliphatic carbocycles. The van der Waals surface area contributed by atoms with Crippen molar-refractivity contribution in [3.63, 3.8) is 0 Å². The molecule has 4 heterocycles. The van der Waals surface area contributed by atoms with Crippen molar-refractivity contribution in [2.24, 2.45) is 22.6 Å². The van der Waals surface area contributed by atoms with Crippen LogP contribution in [0, 0.1) is 23.5 Å². The average molecular weight is 553 g/mol. The van der Waals surface area contributed by atoms with E-state index in [4.69, 9.17) is 19.6 Å². The predicted octanol–water partition coefficient (Wildman–Crippen LogP) is 5.15. The van der Waals surface area contributed by atoms with Gasteiger partial charge in [-0.2, -0.15) is 0 Å². The Morgan fingerprint density at radius 2 is 2.05 bits per heavy atom. The summed E-state index contributed by atoms with van der Waals surface area (Å²) >= 11 is 1.45. The third-order valence-electron chi connectivity index (χ3n) is 7.58. The molecule has 1 saturated carbocycles. The van der Waals surface area contributed by atoms with Gasteiger partial charge in [-0.15, -0.1) is 0 Å². The maximum Gasteiger partial charge on any atom is 0.181 e. The number of nitrogens with zero attached hydrogens (tertiary/aromatic N) is 4. The number of halogens is 2. The summed E-state index contributed by atoms with van der Waals surface area (Å²) in [5.41, 5.74) is 6.11. The molecule has 9 nitrogen and oxygen atoms in total. The standard InChI is InChI=1S/C27H26F2N6O3S/c1-14-23-26(2,35-25(30)39-27(14,23)12-36-3)19-7-16(8-20(28)21(19)29)34-24-22-15(4-5-32-24)6-17(10-33-22)37-11-18-9-31-13-38-18/h4-10,13-14,23H,11-12H2,1-3H3,(H2,30,35)(H,32,34)/t14?,23?,26-,27+/m1/s1. The number of fused-ring (bicyclic) bond motifs is 2. The molecule has 0 spiro atoms. The second kappa shape index (κ2) is 9.45. The van der Waals surface area contributed by atoms with Gasteiger partial charge in [-0.05, 0) is 31.0 Å². The van der Waals surface area contributed by atoms with Crippen LogP contribution in [0.3, 0.4) is 0 Å². The van der Waals surface area contributed by atoms with Gasteiger partial charge in [0.15, 0.2) is 34.8 Å². The van der Waals surface area contributed by atoms with Crippen LogP contribution in [0.15, 0.2) is 58.7 Å². The summed E-state index contributed by atoms with van der Waals surface area (Å²) in [7, 11) is 1.62. The lowest BCUT2D eigenvalue weighted by molar-refractivity contribution is 0.183. The van der Waals surface area contributed by atoms with E-state index < -0.39 is 17.2 Å². The molecular weight excluding hydrogens is 526 g/mol. The highest BCUT2D eigenvalue weighted by Crippen LogP contribution is 2.69. The number of thioether (sulfide) groups is 1. The number of aromatic nitrogens is 3. The Morgan fingerprint density at radius 1 is 1.21 bits per heavy atom. The summed E-state index contributed by atoms with van der Waals surface area (Å²) in [5.74, 6) is -0.396. The van der Waals surface area contributed by atoms with Crippen LogP contribution in [-0.2, 0) is 16.9 Å². The Morgan fingerprint density at radius 3 is 2.82 bits per heavy atom. The van der Waals surface area contributed by atoms with E-state index in [1.54, 1.807) is 44.8 Å². The van der Waals surface area contributed by atoms with Crippen molar-refractivity contribution in [2.75, 3.05) is 19.0 Å². The molecular formula is C27H26F2N6O3S. The first-order valence-electron chi connectivity index (χ1n) is 12.3. The third kappa shape index (κ3) is 4.27. The number of benzene rings is 1. The van der Waals surface area contributed by atoms with Crippen LogP contribution in [0.4, 0.5) is 20.3 Å². The van der Waals surface area contributed by atoms with Crippen molar-refractivity contribution in [1.29, 1.82) is 0 Å². The van der Waals surface area contributed by atoms with Gasteiger partial charge in [0.25, 0.3) is 0 Å². The van der Waals surface area contributed by atoms with Gasteiger partial charge in [0.05, 0.1) is 29.3 Å². The molecule has 0 amide bonds. The van der Waals surface area contributed by atoms with E-state index in [9.17, 15) is 0 Å². The molecule has 4 aromatic rings. The first kappa shape index (κ1) is 25.5. The van der Waals surface area contributed by atoms with Gasteiger partial charge in [0.2, 0.25) is 0 Å². The number of hydrogen-bond donors (Lipinski definition) is 2. The van der Waals surface area contributed by atoms with E-state index in [-0.39, 0.29) is 28.8 Å². The molecule has 202 valence electrons. The molecule has 2 aliphatic rings. The van der Waals surface area contributed by atoms with Crippen LogP contribution in [0.5, 0.6) is 5.75 Å². The lowest BCUT2D eigenvalue weighted by Gasteiger charge is -2.34. The monoisotopic (exact) mass is 552 g/mol. The van der Waals surface area contributed by atoms with E-state index in [1.165, 1.54) is 18.2 Å². The number of aliphatic imine (C=N–C) groups is 1. The number of anilines is 2. The molecule has 0 saturated heterocycles. The zero-order chi connectivity index (χ0) is 27.4. The smallest absolute Gasteiger partial charge is 0.181 e. The number of amidine groups is 1. The second-order valence-electron chi connectivity index (χ2n) is 9.96. The molecule has 0 radical (unpaired) electrons. The van der Waals surface area contributed by atoms with Crippen LogP contribution >= 0.6 is 11.8 Å². The van der Waals surface area contributed by atoms with Gasteiger partial charge in [-0.3, -0.25) is 4.99 Å².